The van der Waals surface area contributed by atoms with Crippen LogP contribution < -0.4 is 10.2 Å². The molecule has 0 amide bonds. The minimum Gasteiger partial charge on any atom is -0.368 e. The van der Waals surface area contributed by atoms with E-state index in [4.69, 9.17) is 16.6 Å². The van der Waals surface area contributed by atoms with Gasteiger partial charge in [0.2, 0.25) is 0 Å². The number of benzene rings is 1. The number of piperazine rings is 1. The smallest absolute Gasteiger partial charge is 0.137 e. The standard InChI is InChI=1S/C20H20ClN5/c1-14-2-3-20-24-17(13-26(20)12-14)8-15-10-19(16(11-22)9-18(15)21)25-6-4-23-5-7-25/h2-3,9-10,12-13,23H,4-8H2,1H3. The van der Waals surface area contributed by atoms with Crippen molar-refractivity contribution in [3.63, 3.8) is 0 Å². The van der Waals surface area contributed by atoms with Crippen LogP contribution in [0.2, 0.25) is 5.02 Å². The first-order chi connectivity index (χ1) is 12.6. The molecule has 1 aliphatic rings. The Labute approximate surface area is 157 Å². The summed E-state index contributed by atoms with van der Waals surface area (Å²) in [7, 11) is 0. The van der Waals surface area contributed by atoms with Gasteiger partial charge in [0.1, 0.15) is 11.7 Å². The second-order valence-corrected chi connectivity index (χ2v) is 7.10. The van der Waals surface area contributed by atoms with Crippen LogP contribution in [0.3, 0.4) is 0 Å². The van der Waals surface area contributed by atoms with Crippen molar-refractivity contribution >= 4 is 22.9 Å². The summed E-state index contributed by atoms with van der Waals surface area (Å²) in [6.45, 7) is 5.70. The van der Waals surface area contributed by atoms with E-state index in [1.807, 2.05) is 16.7 Å². The normalized spacial score (nSPS) is 14.6. The number of aryl methyl sites for hydroxylation is 1. The molecular formula is C20H20ClN5. The second-order valence-electron chi connectivity index (χ2n) is 6.69. The van der Waals surface area contributed by atoms with Gasteiger partial charge in [0.05, 0.1) is 16.9 Å². The van der Waals surface area contributed by atoms with Crippen LogP contribution in [-0.2, 0) is 6.42 Å². The van der Waals surface area contributed by atoms with E-state index in [1.54, 1.807) is 6.07 Å². The van der Waals surface area contributed by atoms with Crippen LogP contribution >= 0.6 is 11.6 Å². The number of pyridine rings is 1. The van der Waals surface area contributed by atoms with Crippen LogP contribution in [0.15, 0.2) is 36.7 Å². The van der Waals surface area contributed by atoms with E-state index >= 15 is 0 Å². The average Bonchev–Trinajstić information content (AvgIpc) is 3.05. The van der Waals surface area contributed by atoms with Crippen molar-refractivity contribution in [3.8, 4) is 6.07 Å². The first-order valence-corrected chi connectivity index (χ1v) is 9.14. The molecular weight excluding hydrogens is 346 g/mol. The lowest BCUT2D eigenvalue weighted by molar-refractivity contribution is 0.589. The van der Waals surface area contributed by atoms with E-state index in [0.717, 1.165) is 48.8 Å². The first-order valence-electron chi connectivity index (χ1n) is 8.76. The van der Waals surface area contributed by atoms with Crippen LogP contribution in [-0.4, -0.2) is 35.6 Å². The summed E-state index contributed by atoms with van der Waals surface area (Å²) in [5, 5.41) is 13.5. The second kappa shape index (κ2) is 6.99. The lowest BCUT2D eigenvalue weighted by Gasteiger charge is -2.30. The zero-order valence-electron chi connectivity index (χ0n) is 14.7. The minimum atomic E-state index is 0.619. The Bertz CT molecular complexity index is 995. The maximum absolute atomic E-state index is 9.51. The molecule has 0 aliphatic carbocycles. The summed E-state index contributed by atoms with van der Waals surface area (Å²) < 4.78 is 2.04. The van der Waals surface area contributed by atoms with Gasteiger partial charge in [0, 0.05) is 50.0 Å². The maximum Gasteiger partial charge on any atom is 0.137 e. The highest BCUT2D eigenvalue weighted by Gasteiger charge is 2.17. The number of hydrogen-bond acceptors (Lipinski definition) is 4. The summed E-state index contributed by atoms with van der Waals surface area (Å²) in [5.41, 5.74) is 5.68. The van der Waals surface area contributed by atoms with Crippen LogP contribution in [0.5, 0.6) is 0 Å². The van der Waals surface area contributed by atoms with Gasteiger partial charge in [0.25, 0.3) is 0 Å². The summed E-state index contributed by atoms with van der Waals surface area (Å²) in [5.74, 6) is 0. The molecule has 132 valence electrons. The SMILES string of the molecule is Cc1ccc2nc(Cc3cc(N4CCNCC4)c(C#N)cc3Cl)cn2c1. The van der Waals surface area contributed by atoms with Gasteiger partial charge in [-0.2, -0.15) is 5.26 Å². The number of aromatic nitrogens is 2. The zero-order valence-corrected chi connectivity index (χ0v) is 15.4. The topological polar surface area (TPSA) is 56.4 Å². The molecule has 3 heterocycles. The number of fused-ring (bicyclic) bond motifs is 1. The Morgan fingerprint density at radius 2 is 2.04 bits per heavy atom. The van der Waals surface area contributed by atoms with Crippen molar-refractivity contribution in [2.75, 3.05) is 31.1 Å². The third kappa shape index (κ3) is 3.26. The number of imidazole rings is 1. The van der Waals surface area contributed by atoms with E-state index in [-0.39, 0.29) is 0 Å². The molecule has 0 atom stereocenters. The van der Waals surface area contributed by atoms with Gasteiger partial charge in [-0.05, 0) is 36.2 Å². The maximum atomic E-state index is 9.51. The van der Waals surface area contributed by atoms with Crippen molar-refractivity contribution in [1.82, 2.24) is 14.7 Å². The number of nitrogens with one attached hydrogen (secondary N) is 1. The Morgan fingerprint density at radius 1 is 1.23 bits per heavy atom. The summed E-state index contributed by atoms with van der Waals surface area (Å²) in [6.07, 6.45) is 4.75. The van der Waals surface area contributed by atoms with Gasteiger partial charge in [-0.1, -0.05) is 17.7 Å². The predicted octanol–water partition coefficient (Wildman–Crippen LogP) is 3.17. The highest BCUT2D eigenvalue weighted by Crippen LogP contribution is 2.29. The van der Waals surface area contributed by atoms with Crippen LogP contribution in [0.4, 0.5) is 5.69 Å². The first kappa shape index (κ1) is 16.9. The summed E-state index contributed by atoms with van der Waals surface area (Å²) >= 11 is 6.48. The molecule has 0 saturated carbocycles. The van der Waals surface area contributed by atoms with E-state index < -0.39 is 0 Å². The molecule has 0 unspecified atom stereocenters. The van der Waals surface area contributed by atoms with Crippen molar-refractivity contribution in [2.24, 2.45) is 0 Å². The molecule has 0 radical (unpaired) electrons. The fraction of sp³-hybridized carbons (Fsp3) is 0.300. The quantitative estimate of drug-likeness (QED) is 0.774. The highest BCUT2D eigenvalue weighted by atomic mass is 35.5. The van der Waals surface area contributed by atoms with Crippen molar-refractivity contribution < 1.29 is 0 Å². The zero-order chi connectivity index (χ0) is 18.1. The number of anilines is 1. The molecule has 6 heteroatoms. The molecule has 1 aromatic carbocycles. The number of halogens is 1. The Morgan fingerprint density at radius 3 is 2.81 bits per heavy atom. The third-order valence-corrected chi connectivity index (χ3v) is 5.12. The summed E-state index contributed by atoms with van der Waals surface area (Å²) in [4.78, 5) is 6.94. The number of nitrogens with zero attached hydrogens (tertiary/aromatic N) is 4. The van der Waals surface area contributed by atoms with E-state index in [1.165, 1.54) is 5.56 Å². The number of nitriles is 1. The molecule has 3 aromatic rings. The van der Waals surface area contributed by atoms with Crippen molar-refractivity contribution in [2.45, 2.75) is 13.3 Å². The third-order valence-electron chi connectivity index (χ3n) is 4.76. The van der Waals surface area contributed by atoms with E-state index in [2.05, 4.69) is 41.5 Å². The molecule has 26 heavy (non-hydrogen) atoms. The van der Waals surface area contributed by atoms with E-state index in [0.29, 0.717) is 17.0 Å². The van der Waals surface area contributed by atoms with Crippen molar-refractivity contribution in [3.05, 3.63) is 64.1 Å². The number of rotatable bonds is 3. The monoisotopic (exact) mass is 365 g/mol. The van der Waals surface area contributed by atoms with Crippen LogP contribution in [0.25, 0.3) is 5.65 Å². The molecule has 1 saturated heterocycles. The Hall–Kier alpha value is -2.55. The van der Waals surface area contributed by atoms with Crippen LogP contribution in [0, 0.1) is 18.3 Å². The van der Waals surface area contributed by atoms with Gasteiger partial charge >= 0.3 is 0 Å². The lowest BCUT2D eigenvalue weighted by Crippen LogP contribution is -2.43. The van der Waals surface area contributed by atoms with Gasteiger partial charge in [-0.3, -0.25) is 0 Å². The van der Waals surface area contributed by atoms with Crippen LogP contribution in [0.1, 0.15) is 22.4 Å². The molecule has 4 rings (SSSR count). The molecule has 1 aliphatic heterocycles. The summed E-state index contributed by atoms with van der Waals surface area (Å²) in [6, 6.07) is 10.2. The molecule has 1 N–H and O–H groups in total. The van der Waals surface area contributed by atoms with Gasteiger partial charge in [-0.25, -0.2) is 4.98 Å². The van der Waals surface area contributed by atoms with Gasteiger partial charge in [-0.15, -0.1) is 0 Å². The van der Waals surface area contributed by atoms with Gasteiger partial charge in [0.15, 0.2) is 0 Å². The predicted molar refractivity (Wildman–Crippen MR) is 104 cm³/mol. The average molecular weight is 366 g/mol. The molecule has 0 bridgehead atoms. The fourth-order valence-electron chi connectivity index (χ4n) is 3.43. The minimum absolute atomic E-state index is 0.619. The Kier molecular flexibility index (Phi) is 4.54. The molecule has 1 fully saturated rings. The lowest BCUT2D eigenvalue weighted by atomic mass is 10.0. The van der Waals surface area contributed by atoms with E-state index in [9.17, 15) is 5.26 Å². The van der Waals surface area contributed by atoms with Crippen molar-refractivity contribution in [1.29, 1.82) is 5.26 Å². The number of hydrogen-bond donors (Lipinski definition) is 1. The van der Waals surface area contributed by atoms with Gasteiger partial charge < -0.3 is 14.6 Å². The largest absolute Gasteiger partial charge is 0.368 e. The molecule has 2 aromatic heterocycles. The fourth-order valence-corrected chi connectivity index (χ4v) is 3.66. The molecule has 5 nitrogen and oxygen atoms in total. The highest BCUT2D eigenvalue weighted by molar-refractivity contribution is 6.31. The Balaban J connectivity index is 1.69. The molecule has 0 spiro atoms.